The third-order valence-corrected chi connectivity index (χ3v) is 4.40. The lowest BCUT2D eigenvalue weighted by Gasteiger charge is -2.17. The number of rotatable bonds is 6. The van der Waals surface area contributed by atoms with Crippen molar-refractivity contribution in [2.24, 2.45) is 0 Å². The number of oxazole rings is 1. The van der Waals surface area contributed by atoms with Crippen molar-refractivity contribution in [2.45, 2.75) is 45.8 Å². The van der Waals surface area contributed by atoms with Crippen LogP contribution < -0.4 is 4.74 Å². The minimum absolute atomic E-state index is 0.394. The first-order valence-corrected chi connectivity index (χ1v) is 10.4. The highest BCUT2D eigenvalue weighted by Crippen LogP contribution is 2.23. The summed E-state index contributed by atoms with van der Waals surface area (Å²) in [6, 6.07) is 16.7. The number of aliphatic hydroxyl groups excluding tert-OH is 1. The fourth-order valence-electron chi connectivity index (χ4n) is 2.92. The maximum Gasteiger partial charge on any atom is 0.384 e. The number of ether oxygens (including phenoxy) is 2. The van der Waals surface area contributed by atoms with Crippen LogP contribution in [0.15, 0.2) is 59.0 Å². The maximum absolute atomic E-state index is 11.7. The van der Waals surface area contributed by atoms with Gasteiger partial charge in [0.1, 0.15) is 23.2 Å². The lowest BCUT2D eigenvalue weighted by molar-refractivity contribution is -0.147. The number of hydrogen-bond donors (Lipinski definition) is 1. The molecule has 32 heavy (non-hydrogen) atoms. The lowest BCUT2D eigenvalue weighted by Crippen LogP contribution is -2.22. The van der Waals surface area contributed by atoms with Crippen molar-refractivity contribution in [2.75, 3.05) is 6.61 Å². The van der Waals surface area contributed by atoms with Gasteiger partial charge in [-0.3, -0.25) is 0 Å². The summed E-state index contributed by atoms with van der Waals surface area (Å²) >= 11 is 0. The Labute approximate surface area is 188 Å². The number of benzene rings is 2. The van der Waals surface area contributed by atoms with E-state index < -0.39 is 17.7 Å². The number of carbonyl (C=O) groups excluding carboxylic acids is 1. The van der Waals surface area contributed by atoms with Gasteiger partial charge in [-0.2, -0.15) is 0 Å². The van der Waals surface area contributed by atoms with Crippen molar-refractivity contribution in [3.63, 3.8) is 0 Å². The average Bonchev–Trinajstić information content (AvgIpc) is 3.12. The van der Waals surface area contributed by atoms with Gasteiger partial charge >= 0.3 is 5.97 Å². The summed E-state index contributed by atoms with van der Waals surface area (Å²) in [7, 11) is 0. The molecule has 1 aromatic heterocycles. The number of aliphatic hydroxyl groups is 1. The highest BCUT2D eigenvalue weighted by Gasteiger charge is 2.15. The van der Waals surface area contributed by atoms with Gasteiger partial charge in [0, 0.05) is 17.9 Å². The first-order chi connectivity index (χ1) is 15.2. The van der Waals surface area contributed by atoms with Crippen molar-refractivity contribution in [3.8, 4) is 29.0 Å². The molecule has 6 heteroatoms. The van der Waals surface area contributed by atoms with E-state index in [2.05, 4.69) is 16.8 Å². The lowest BCUT2D eigenvalue weighted by atomic mass is 10.1. The number of hydrogen-bond acceptors (Lipinski definition) is 6. The summed E-state index contributed by atoms with van der Waals surface area (Å²) in [5.74, 6) is 6.09. The van der Waals surface area contributed by atoms with Crippen molar-refractivity contribution >= 4 is 5.97 Å². The standard InChI is InChI=1S/C26H27NO5/c1-18-22(27-25(31-18)19-9-6-5-7-10-19)15-16-30-21-12-8-11-20(17-21)23(28)13-14-24(29)32-26(2,3)4/h5-12,17,23,28H,15-16H2,1-4H3. The summed E-state index contributed by atoms with van der Waals surface area (Å²) in [4.78, 5) is 16.3. The van der Waals surface area contributed by atoms with E-state index in [-0.39, 0.29) is 0 Å². The quantitative estimate of drug-likeness (QED) is 0.346. The highest BCUT2D eigenvalue weighted by atomic mass is 16.6. The normalized spacial score (nSPS) is 11.9. The molecule has 0 radical (unpaired) electrons. The molecule has 6 nitrogen and oxygen atoms in total. The Morgan fingerprint density at radius 2 is 1.91 bits per heavy atom. The van der Waals surface area contributed by atoms with Crippen molar-refractivity contribution in [3.05, 3.63) is 71.6 Å². The summed E-state index contributed by atoms with van der Waals surface area (Å²) in [6.45, 7) is 7.55. The molecule has 3 aromatic rings. The van der Waals surface area contributed by atoms with Crippen LogP contribution in [-0.2, 0) is 16.0 Å². The Balaban J connectivity index is 1.58. The van der Waals surface area contributed by atoms with Gasteiger partial charge in [-0.1, -0.05) is 36.3 Å². The van der Waals surface area contributed by atoms with Gasteiger partial charge in [0.05, 0.1) is 12.3 Å². The monoisotopic (exact) mass is 433 g/mol. The van der Waals surface area contributed by atoms with E-state index in [4.69, 9.17) is 13.9 Å². The predicted octanol–water partition coefficient (Wildman–Crippen LogP) is 4.65. The zero-order valence-electron chi connectivity index (χ0n) is 18.7. The van der Waals surface area contributed by atoms with Crippen LogP contribution in [-0.4, -0.2) is 28.3 Å². The number of nitrogens with zero attached hydrogens (tertiary/aromatic N) is 1. The Hall–Kier alpha value is -3.56. The molecule has 0 amide bonds. The molecule has 0 aliphatic carbocycles. The third kappa shape index (κ3) is 6.73. The van der Waals surface area contributed by atoms with Crippen LogP contribution in [0.3, 0.4) is 0 Å². The maximum atomic E-state index is 11.7. The molecule has 0 saturated heterocycles. The molecule has 1 unspecified atom stereocenters. The second-order valence-electron chi connectivity index (χ2n) is 8.23. The fourth-order valence-corrected chi connectivity index (χ4v) is 2.92. The van der Waals surface area contributed by atoms with Gasteiger partial charge in [-0.15, -0.1) is 0 Å². The van der Waals surface area contributed by atoms with Crippen LogP contribution in [0, 0.1) is 18.8 Å². The molecule has 0 aliphatic rings. The minimum Gasteiger partial charge on any atom is -0.493 e. The molecule has 0 bridgehead atoms. The van der Waals surface area contributed by atoms with Gasteiger partial charge in [-0.25, -0.2) is 9.78 Å². The van der Waals surface area contributed by atoms with Crippen LogP contribution >= 0.6 is 0 Å². The molecule has 1 heterocycles. The first-order valence-electron chi connectivity index (χ1n) is 10.4. The Bertz CT molecular complexity index is 1120. The Kier molecular flexibility index (Phi) is 7.34. The van der Waals surface area contributed by atoms with Gasteiger partial charge in [0.15, 0.2) is 0 Å². The van der Waals surface area contributed by atoms with E-state index in [9.17, 15) is 9.90 Å². The van der Waals surface area contributed by atoms with Gasteiger partial charge < -0.3 is 19.0 Å². The molecular weight excluding hydrogens is 406 g/mol. The Morgan fingerprint density at radius 3 is 2.62 bits per heavy atom. The second-order valence-corrected chi connectivity index (χ2v) is 8.23. The second kappa shape index (κ2) is 10.2. The van der Waals surface area contributed by atoms with E-state index in [1.807, 2.05) is 37.3 Å². The predicted molar refractivity (Wildman–Crippen MR) is 121 cm³/mol. The summed E-state index contributed by atoms with van der Waals surface area (Å²) in [5.41, 5.74) is 1.66. The highest BCUT2D eigenvalue weighted by molar-refractivity contribution is 5.88. The van der Waals surface area contributed by atoms with Gasteiger partial charge in [-0.05, 0) is 57.5 Å². The number of aryl methyl sites for hydroxylation is 1. The molecule has 166 valence electrons. The average molecular weight is 434 g/mol. The molecular formula is C26H27NO5. The van der Waals surface area contributed by atoms with Crippen LogP contribution in [0.25, 0.3) is 11.5 Å². The van der Waals surface area contributed by atoms with Crippen molar-refractivity contribution < 1.29 is 23.8 Å². The summed E-state index contributed by atoms with van der Waals surface area (Å²) in [5, 5.41) is 10.3. The van der Waals surface area contributed by atoms with Crippen LogP contribution in [0.4, 0.5) is 0 Å². The SMILES string of the molecule is Cc1oc(-c2ccccc2)nc1CCOc1cccc(C(O)C#CC(=O)OC(C)(C)C)c1. The molecule has 0 aliphatic heterocycles. The molecule has 0 fully saturated rings. The molecule has 0 spiro atoms. The molecule has 0 saturated carbocycles. The number of esters is 1. The Morgan fingerprint density at radius 1 is 1.16 bits per heavy atom. The summed E-state index contributed by atoms with van der Waals surface area (Å²) in [6.07, 6.45) is -0.551. The van der Waals surface area contributed by atoms with E-state index in [0.717, 1.165) is 17.0 Å². The van der Waals surface area contributed by atoms with Gasteiger partial charge in [0.25, 0.3) is 0 Å². The summed E-state index contributed by atoms with van der Waals surface area (Å²) < 4.78 is 16.7. The number of aromatic nitrogens is 1. The van der Waals surface area contributed by atoms with E-state index in [0.29, 0.717) is 30.2 Å². The smallest absolute Gasteiger partial charge is 0.384 e. The van der Waals surface area contributed by atoms with Gasteiger partial charge in [0.2, 0.25) is 5.89 Å². The largest absolute Gasteiger partial charge is 0.493 e. The van der Waals surface area contributed by atoms with Crippen molar-refractivity contribution in [1.82, 2.24) is 4.98 Å². The van der Waals surface area contributed by atoms with Crippen molar-refractivity contribution in [1.29, 1.82) is 0 Å². The van der Waals surface area contributed by atoms with Crippen LogP contribution in [0.1, 0.15) is 43.9 Å². The molecule has 1 N–H and O–H groups in total. The zero-order valence-corrected chi connectivity index (χ0v) is 18.7. The molecule has 1 atom stereocenters. The first kappa shape index (κ1) is 23.1. The molecule has 2 aromatic carbocycles. The number of carbonyl (C=O) groups is 1. The third-order valence-electron chi connectivity index (χ3n) is 4.40. The van der Waals surface area contributed by atoms with E-state index in [1.165, 1.54) is 0 Å². The minimum atomic E-state index is -1.13. The topological polar surface area (TPSA) is 81.8 Å². The zero-order chi connectivity index (χ0) is 23.1. The van der Waals surface area contributed by atoms with E-state index >= 15 is 0 Å². The fraction of sp³-hybridized carbons (Fsp3) is 0.308. The van der Waals surface area contributed by atoms with E-state index in [1.54, 1.807) is 45.0 Å². The molecule has 3 rings (SSSR count). The van der Waals surface area contributed by atoms with Crippen LogP contribution in [0.5, 0.6) is 5.75 Å². The van der Waals surface area contributed by atoms with Crippen LogP contribution in [0.2, 0.25) is 0 Å².